The van der Waals surface area contributed by atoms with E-state index in [4.69, 9.17) is 10.5 Å². The van der Waals surface area contributed by atoms with Gasteiger partial charge in [-0.05, 0) is 153 Å². The Morgan fingerprint density at radius 1 is 0.966 bits per heavy atom. The van der Waals surface area contributed by atoms with Crippen molar-refractivity contribution in [3.63, 3.8) is 0 Å². The number of carbonyl (C=O) groups is 2. The standard InChI is InChI=1S/C50H68N2O6/c1-27(19-38(54)45-49(6,58-45)35-14-9-13-33(35)29-11-8-12-31(51)22-29)41-36-16-17-40-47(4)24-34(30-20-28(26-52-7)21-32(53)23-30)44(57)46(2,3)43(47)39(55)25-50(40)18-10-15-37(42(41)56)48(36,50)5/h8,11-12,20-23,27,33-35,37-40,43,45,52-55H,9-10,13-19,24-26,51H2,1-7H3/t27-,33+,34-,35+,37+,38-,39+,40+,43+,45+,47-,48-,49-,50-/m1/s1. The number of anilines is 1. The number of rotatable bonds is 9. The summed E-state index contributed by atoms with van der Waals surface area (Å²) in [5, 5.41) is 38.5. The van der Waals surface area contributed by atoms with Crippen molar-refractivity contribution in [3.05, 3.63) is 70.3 Å². The largest absolute Gasteiger partial charge is 0.508 e. The fourth-order valence-corrected chi connectivity index (χ4v) is 16.3. The summed E-state index contributed by atoms with van der Waals surface area (Å²) in [6.45, 7) is 13.7. The Kier molecular flexibility index (Phi) is 9.56. The number of aliphatic hydroxyl groups is 2. The molecule has 6 N–H and O–H groups in total. The third kappa shape index (κ3) is 5.59. The molecule has 0 unspecified atom stereocenters. The van der Waals surface area contributed by atoms with Gasteiger partial charge >= 0.3 is 0 Å². The van der Waals surface area contributed by atoms with Gasteiger partial charge in [-0.3, -0.25) is 9.59 Å². The molecule has 0 bridgehead atoms. The number of fused-ring (bicyclic) bond motifs is 2. The molecule has 1 heterocycles. The van der Waals surface area contributed by atoms with Crippen LogP contribution in [-0.4, -0.2) is 57.8 Å². The Morgan fingerprint density at radius 2 is 1.74 bits per heavy atom. The Morgan fingerprint density at radius 3 is 2.48 bits per heavy atom. The van der Waals surface area contributed by atoms with Crippen LogP contribution in [0.15, 0.2) is 53.6 Å². The summed E-state index contributed by atoms with van der Waals surface area (Å²) in [6.07, 6.45) is 7.90. The average molecular weight is 793 g/mol. The van der Waals surface area contributed by atoms with Crippen LogP contribution in [0.2, 0.25) is 0 Å². The third-order valence-corrected chi connectivity index (χ3v) is 18.3. The number of carbonyl (C=O) groups excluding carboxylic acids is 2. The van der Waals surface area contributed by atoms with Gasteiger partial charge in [-0.2, -0.15) is 0 Å². The van der Waals surface area contributed by atoms with Gasteiger partial charge < -0.3 is 31.1 Å². The van der Waals surface area contributed by atoms with Crippen molar-refractivity contribution >= 4 is 17.3 Å². The zero-order valence-electron chi connectivity index (χ0n) is 35.9. The van der Waals surface area contributed by atoms with Crippen LogP contribution >= 0.6 is 0 Å². The van der Waals surface area contributed by atoms with Gasteiger partial charge in [-0.25, -0.2) is 0 Å². The second kappa shape index (κ2) is 13.7. The summed E-state index contributed by atoms with van der Waals surface area (Å²) in [7, 11) is 1.88. The van der Waals surface area contributed by atoms with Crippen molar-refractivity contribution in [1.82, 2.24) is 5.32 Å². The number of allylic oxidation sites excluding steroid dienone is 2. The van der Waals surface area contributed by atoms with Gasteiger partial charge in [0.2, 0.25) is 0 Å². The number of Topliss-reactive ketones (excluding diaryl/α,β-unsaturated/α-hetero) is 2. The first-order valence-corrected chi connectivity index (χ1v) is 22.6. The van der Waals surface area contributed by atoms with Crippen LogP contribution in [0.1, 0.15) is 141 Å². The number of aromatic hydroxyl groups is 1. The van der Waals surface area contributed by atoms with Crippen LogP contribution in [0.5, 0.6) is 5.75 Å². The first kappa shape index (κ1) is 40.4. The monoisotopic (exact) mass is 793 g/mol. The van der Waals surface area contributed by atoms with E-state index in [0.717, 1.165) is 73.8 Å². The van der Waals surface area contributed by atoms with E-state index in [2.05, 4.69) is 51.2 Å². The van der Waals surface area contributed by atoms with Gasteiger partial charge in [-0.1, -0.05) is 71.2 Å². The van der Waals surface area contributed by atoms with Crippen LogP contribution in [0, 0.1) is 51.2 Å². The molecule has 314 valence electrons. The normalized spacial score (nSPS) is 42.4. The minimum absolute atomic E-state index is 0.111. The Hall–Kier alpha value is -3.04. The molecule has 14 atom stereocenters. The molecule has 8 nitrogen and oxygen atoms in total. The smallest absolute Gasteiger partial charge is 0.163 e. The van der Waals surface area contributed by atoms with Gasteiger partial charge in [0.15, 0.2) is 5.78 Å². The molecule has 1 saturated heterocycles. The van der Waals surface area contributed by atoms with Gasteiger partial charge in [0.05, 0.1) is 17.8 Å². The molecule has 0 radical (unpaired) electrons. The number of hydrogen-bond donors (Lipinski definition) is 5. The number of benzene rings is 2. The number of phenolic OH excluding ortho intramolecular Hbond substituents is 1. The Bertz CT molecular complexity index is 2040. The van der Waals surface area contributed by atoms with E-state index in [9.17, 15) is 24.9 Å². The highest BCUT2D eigenvalue weighted by Gasteiger charge is 2.75. The molecule has 2 aromatic rings. The first-order chi connectivity index (χ1) is 27.4. The summed E-state index contributed by atoms with van der Waals surface area (Å²) in [5.74, 6) is 0.618. The third-order valence-electron chi connectivity index (χ3n) is 18.3. The molecule has 6 aliphatic carbocycles. The molecule has 8 heteroatoms. The van der Waals surface area contributed by atoms with Gasteiger partial charge in [0.1, 0.15) is 17.6 Å². The van der Waals surface area contributed by atoms with Crippen molar-refractivity contribution in [2.24, 2.45) is 51.2 Å². The second-order valence-electron chi connectivity index (χ2n) is 21.5. The van der Waals surface area contributed by atoms with Crippen LogP contribution in [0.3, 0.4) is 0 Å². The number of nitrogens with two attached hydrogens (primary N) is 1. The zero-order valence-corrected chi connectivity index (χ0v) is 35.9. The number of nitrogens with one attached hydrogen (secondary N) is 1. The topological polar surface area (TPSA) is 145 Å². The number of ether oxygens (including phenoxy) is 1. The molecular weight excluding hydrogens is 725 g/mol. The number of nitrogen functional groups attached to an aromatic ring is 1. The molecule has 5 saturated carbocycles. The number of aliphatic hydroxyl groups excluding tert-OH is 2. The molecule has 0 amide bonds. The lowest BCUT2D eigenvalue weighted by Crippen LogP contribution is -2.69. The first-order valence-electron chi connectivity index (χ1n) is 22.6. The molecule has 1 spiro atoms. The van der Waals surface area contributed by atoms with E-state index >= 15 is 0 Å². The van der Waals surface area contributed by atoms with E-state index in [0.29, 0.717) is 37.6 Å². The van der Waals surface area contributed by atoms with Gasteiger partial charge in [-0.15, -0.1) is 0 Å². The minimum Gasteiger partial charge on any atom is -0.508 e. The molecule has 0 aromatic heterocycles. The molecule has 9 rings (SSSR count). The average Bonchev–Trinajstić information content (AvgIpc) is 3.49. The number of ketones is 2. The van der Waals surface area contributed by atoms with E-state index in [-0.39, 0.29) is 63.3 Å². The van der Waals surface area contributed by atoms with Gasteiger partial charge in [0, 0.05) is 40.8 Å². The van der Waals surface area contributed by atoms with E-state index in [1.165, 1.54) is 11.1 Å². The highest BCUT2D eigenvalue weighted by atomic mass is 16.6. The fourth-order valence-electron chi connectivity index (χ4n) is 16.3. The number of epoxide rings is 1. The molecule has 2 aromatic carbocycles. The van der Waals surface area contributed by atoms with Crippen molar-refractivity contribution in [2.75, 3.05) is 12.8 Å². The van der Waals surface area contributed by atoms with Crippen molar-refractivity contribution in [1.29, 1.82) is 0 Å². The van der Waals surface area contributed by atoms with Crippen LogP contribution in [0.25, 0.3) is 0 Å². The van der Waals surface area contributed by atoms with Crippen LogP contribution in [0.4, 0.5) is 5.69 Å². The molecular formula is C50H68N2O6. The molecule has 7 aliphatic rings. The quantitative estimate of drug-likeness (QED) is 0.126. The summed E-state index contributed by atoms with van der Waals surface area (Å²) in [4.78, 5) is 29.6. The Labute approximate surface area is 345 Å². The molecule has 58 heavy (non-hydrogen) atoms. The highest BCUT2D eigenvalue weighted by Crippen LogP contribution is 2.78. The summed E-state index contributed by atoms with van der Waals surface area (Å²) in [6, 6.07) is 13.8. The second-order valence-corrected chi connectivity index (χ2v) is 21.5. The van der Waals surface area contributed by atoms with Gasteiger partial charge in [0.25, 0.3) is 0 Å². The zero-order chi connectivity index (χ0) is 41.3. The lowest BCUT2D eigenvalue weighted by atomic mass is 9.32. The van der Waals surface area contributed by atoms with Crippen LogP contribution in [-0.2, 0) is 20.9 Å². The number of hydrogen-bond acceptors (Lipinski definition) is 8. The SMILES string of the molecule is CNCc1cc(O)cc([C@H]2C[C@@]3(C)[C@@H]([C@@H](O)C[C@]45CCC[C@H]6C(=O)C([C@H](C)C[C@@H](O)[C@@H]7O[C@]7(C)[C@H]7CCC[C@H]7c7cccc(N)c7)=C(CC[C@@H]34)[C@]65C)C(C)(C)C2=O)c1. The molecule has 6 fully saturated rings. The maximum atomic E-state index is 15.0. The van der Waals surface area contributed by atoms with E-state index in [1.54, 1.807) is 12.1 Å². The predicted molar refractivity (Wildman–Crippen MR) is 226 cm³/mol. The predicted octanol–water partition coefficient (Wildman–Crippen LogP) is 8.37. The minimum atomic E-state index is -0.772. The van der Waals surface area contributed by atoms with E-state index in [1.807, 2.05) is 33.0 Å². The maximum Gasteiger partial charge on any atom is 0.163 e. The van der Waals surface area contributed by atoms with Crippen LogP contribution < -0.4 is 11.1 Å². The lowest BCUT2D eigenvalue weighted by Gasteiger charge is -2.72. The summed E-state index contributed by atoms with van der Waals surface area (Å²) >= 11 is 0. The van der Waals surface area contributed by atoms with Crippen molar-refractivity contribution < 1.29 is 29.6 Å². The summed E-state index contributed by atoms with van der Waals surface area (Å²) in [5.41, 5.74) is 10.0. The van der Waals surface area contributed by atoms with Crippen molar-refractivity contribution in [2.45, 2.75) is 154 Å². The fraction of sp³-hybridized carbons (Fsp3) is 0.680. The lowest BCUT2D eigenvalue weighted by molar-refractivity contribution is -0.239. The maximum absolute atomic E-state index is 15.0. The Balaban J connectivity index is 1.02. The number of phenols is 1. The summed E-state index contributed by atoms with van der Waals surface area (Å²) < 4.78 is 6.50. The van der Waals surface area contributed by atoms with Crippen molar-refractivity contribution in [3.8, 4) is 5.75 Å². The van der Waals surface area contributed by atoms with E-state index < -0.39 is 29.1 Å². The highest BCUT2D eigenvalue weighted by molar-refractivity contribution is 6.03. The molecule has 1 aliphatic heterocycles.